The van der Waals surface area contributed by atoms with Gasteiger partial charge in [0, 0.05) is 13.1 Å². The minimum Gasteiger partial charge on any atom is -0.480 e. The molecule has 27 heavy (non-hydrogen) atoms. The molecule has 3 heterocycles. The first-order valence-electron chi connectivity index (χ1n) is 8.20. The van der Waals surface area contributed by atoms with Crippen molar-refractivity contribution in [3.8, 4) is 0 Å². The number of aliphatic hydroxyl groups excluding tert-OH is 2. The lowest BCUT2D eigenvalue weighted by molar-refractivity contribution is -0.137. The zero-order valence-electron chi connectivity index (χ0n) is 14.2. The Labute approximate surface area is 153 Å². The summed E-state index contributed by atoms with van der Waals surface area (Å²) in [6.07, 6.45) is 1.71. The highest BCUT2D eigenvalue weighted by atomic mass is 16.6. The van der Waals surface area contributed by atoms with Crippen LogP contribution in [0.3, 0.4) is 0 Å². The largest absolute Gasteiger partial charge is 0.480 e. The molecule has 0 amide bonds. The number of rotatable bonds is 7. The first-order chi connectivity index (χ1) is 12.9. The minimum absolute atomic E-state index is 0.205. The zero-order valence-corrected chi connectivity index (χ0v) is 14.2. The highest BCUT2D eigenvalue weighted by Gasteiger charge is 2.44. The van der Waals surface area contributed by atoms with Crippen LogP contribution in [0.4, 0.5) is 5.82 Å². The predicted molar refractivity (Wildman–Crippen MR) is 93.3 cm³/mol. The number of carboxylic acid groups (broad SMARTS) is 1. The van der Waals surface area contributed by atoms with Gasteiger partial charge in [-0.2, -0.15) is 0 Å². The quantitative estimate of drug-likeness (QED) is 0.221. The topological polar surface area (TPSA) is 195 Å². The SMILES string of the molecule is Nc1ncnc2c1ncn2[C@@H]1O[C@H](CNC/C=C\C(N)C(=O)O)[C@@H](O)[C@H]1O. The van der Waals surface area contributed by atoms with Crippen LogP contribution >= 0.6 is 0 Å². The Kier molecular flexibility index (Phi) is 5.62. The van der Waals surface area contributed by atoms with Crippen molar-refractivity contribution in [2.75, 3.05) is 18.8 Å². The Morgan fingerprint density at radius 1 is 1.37 bits per heavy atom. The van der Waals surface area contributed by atoms with Crippen molar-refractivity contribution in [2.24, 2.45) is 5.73 Å². The van der Waals surface area contributed by atoms with E-state index >= 15 is 0 Å². The third kappa shape index (κ3) is 3.89. The summed E-state index contributed by atoms with van der Waals surface area (Å²) >= 11 is 0. The number of nitrogens with one attached hydrogen (secondary N) is 1. The molecule has 0 bridgehead atoms. The predicted octanol–water partition coefficient (Wildman–Crippen LogP) is -2.41. The second kappa shape index (κ2) is 7.94. The number of imidazole rings is 1. The maximum atomic E-state index is 10.6. The smallest absolute Gasteiger partial charge is 0.324 e. The van der Waals surface area contributed by atoms with Gasteiger partial charge in [-0.25, -0.2) is 15.0 Å². The van der Waals surface area contributed by atoms with Gasteiger partial charge in [-0.3, -0.25) is 9.36 Å². The average Bonchev–Trinajstić information content (AvgIpc) is 3.18. The van der Waals surface area contributed by atoms with E-state index in [-0.39, 0.29) is 12.4 Å². The molecule has 1 aliphatic heterocycles. The van der Waals surface area contributed by atoms with Gasteiger partial charge in [-0.1, -0.05) is 12.2 Å². The van der Waals surface area contributed by atoms with Gasteiger partial charge in [0.05, 0.1) is 6.33 Å². The maximum Gasteiger partial charge on any atom is 0.324 e. The van der Waals surface area contributed by atoms with Crippen molar-refractivity contribution in [3.63, 3.8) is 0 Å². The monoisotopic (exact) mass is 379 g/mol. The van der Waals surface area contributed by atoms with Crippen molar-refractivity contribution in [2.45, 2.75) is 30.6 Å². The number of aromatic nitrogens is 4. The number of anilines is 1. The third-order valence-electron chi connectivity index (χ3n) is 4.23. The molecule has 0 aliphatic carbocycles. The lowest BCUT2D eigenvalue weighted by Gasteiger charge is -2.16. The van der Waals surface area contributed by atoms with Gasteiger partial charge < -0.3 is 36.8 Å². The van der Waals surface area contributed by atoms with E-state index in [2.05, 4.69) is 20.3 Å². The van der Waals surface area contributed by atoms with E-state index in [4.69, 9.17) is 21.3 Å². The molecule has 0 saturated carbocycles. The molecule has 8 N–H and O–H groups in total. The van der Waals surface area contributed by atoms with Crippen LogP contribution < -0.4 is 16.8 Å². The number of nitrogens with zero attached hydrogens (tertiary/aromatic N) is 4. The summed E-state index contributed by atoms with van der Waals surface area (Å²) in [4.78, 5) is 22.7. The molecule has 12 nitrogen and oxygen atoms in total. The van der Waals surface area contributed by atoms with Crippen LogP contribution in [0.5, 0.6) is 0 Å². The Morgan fingerprint density at radius 2 is 2.15 bits per heavy atom. The standard InChI is InChI=1S/C15H21N7O5/c16-7(15(25)26)2-1-3-18-4-8-10(23)11(24)14(27-8)22-6-21-9-12(17)19-5-20-13(9)22/h1-2,5-8,10-11,14,18,23-24H,3-4,16H2,(H,25,26)(H2,17,19,20)/b2-1-/t7?,8-,10-,11-,14-/m1/s1. The number of ether oxygens (including phenoxy) is 1. The second-order valence-electron chi connectivity index (χ2n) is 6.08. The van der Waals surface area contributed by atoms with Crippen molar-refractivity contribution < 1.29 is 24.9 Å². The molecule has 1 aliphatic rings. The molecule has 1 fully saturated rings. The van der Waals surface area contributed by atoms with Crippen molar-refractivity contribution in [1.82, 2.24) is 24.8 Å². The number of aliphatic carboxylic acids is 1. The summed E-state index contributed by atoms with van der Waals surface area (Å²) in [5.41, 5.74) is 11.9. The summed E-state index contributed by atoms with van der Waals surface area (Å²) in [5, 5.41) is 32.3. The average molecular weight is 379 g/mol. The summed E-state index contributed by atoms with van der Waals surface area (Å²) in [6.45, 7) is 0.553. The first-order valence-corrected chi connectivity index (χ1v) is 8.20. The summed E-state index contributed by atoms with van der Waals surface area (Å²) in [6, 6.07) is -1.07. The van der Waals surface area contributed by atoms with Gasteiger partial charge in [-0.05, 0) is 0 Å². The molecule has 3 rings (SSSR count). The highest BCUT2D eigenvalue weighted by molar-refractivity contribution is 5.81. The van der Waals surface area contributed by atoms with Crippen molar-refractivity contribution in [3.05, 3.63) is 24.8 Å². The minimum atomic E-state index is -1.19. The van der Waals surface area contributed by atoms with Crippen molar-refractivity contribution >= 4 is 23.0 Å². The molecule has 146 valence electrons. The number of hydrogen-bond donors (Lipinski definition) is 6. The fraction of sp³-hybridized carbons (Fsp3) is 0.467. The number of fused-ring (bicyclic) bond motifs is 1. The van der Waals surface area contributed by atoms with Crippen LogP contribution in [0.15, 0.2) is 24.8 Å². The number of nitrogens with two attached hydrogens (primary N) is 2. The maximum absolute atomic E-state index is 10.6. The van der Waals surface area contributed by atoms with Crippen LogP contribution in [0.25, 0.3) is 11.2 Å². The molecule has 5 atom stereocenters. The molecule has 1 unspecified atom stereocenters. The fourth-order valence-electron chi connectivity index (χ4n) is 2.79. The number of hydrogen-bond acceptors (Lipinski definition) is 10. The normalized spacial score (nSPS) is 26.8. The van der Waals surface area contributed by atoms with Crippen LogP contribution in [-0.4, -0.2) is 78.3 Å². The lowest BCUT2D eigenvalue weighted by Crippen LogP contribution is -2.37. The van der Waals surface area contributed by atoms with Gasteiger partial charge in [0.25, 0.3) is 0 Å². The summed E-state index contributed by atoms with van der Waals surface area (Å²) in [5.74, 6) is -0.917. The third-order valence-corrected chi connectivity index (χ3v) is 4.23. The molecule has 2 aromatic rings. The van der Waals surface area contributed by atoms with E-state index in [1.807, 2.05) is 0 Å². The van der Waals surface area contributed by atoms with E-state index in [0.29, 0.717) is 17.7 Å². The molecule has 0 aromatic carbocycles. The number of carboxylic acids is 1. The fourth-order valence-corrected chi connectivity index (χ4v) is 2.79. The zero-order chi connectivity index (χ0) is 19.6. The lowest BCUT2D eigenvalue weighted by atomic mass is 10.1. The summed E-state index contributed by atoms with van der Waals surface area (Å²) < 4.78 is 7.25. The van der Waals surface area contributed by atoms with E-state index in [0.717, 1.165) is 0 Å². The molecule has 12 heteroatoms. The molecular weight excluding hydrogens is 358 g/mol. The molecular formula is C15H21N7O5. The number of carbonyl (C=O) groups is 1. The van der Waals surface area contributed by atoms with Gasteiger partial charge in [-0.15, -0.1) is 0 Å². The van der Waals surface area contributed by atoms with Crippen LogP contribution in [-0.2, 0) is 9.53 Å². The van der Waals surface area contributed by atoms with E-state index in [1.165, 1.54) is 23.3 Å². The van der Waals surface area contributed by atoms with Crippen molar-refractivity contribution in [1.29, 1.82) is 0 Å². The van der Waals surface area contributed by atoms with Crippen LogP contribution in [0.1, 0.15) is 6.23 Å². The Hall–Kier alpha value is -2.64. The Bertz CT molecular complexity index is 841. The van der Waals surface area contributed by atoms with Gasteiger partial charge in [0.15, 0.2) is 17.7 Å². The molecule has 0 radical (unpaired) electrons. The van der Waals surface area contributed by atoms with Gasteiger partial charge in [0.1, 0.15) is 36.2 Å². The molecule has 0 spiro atoms. The van der Waals surface area contributed by atoms with Crippen LogP contribution in [0.2, 0.25) is 0 Å². The van der Waals surface area contributed by atoms with E-state index in [1.54, 1.807) is 6.08 Å². The van der Waals surface area contributed by atoms with Gasteiger partial charge in [0.2, 0.25) is 0 Å². The van der Waals surface area contributed by atoms with Crippen LogP contribution in [0, 0.1) is 0 Å². The Balaban J connectivity index is 1.62. The molecule has 1 saturated heterocycles. The summed E-state index contributed by atoms with van der Waals surface area (Å²) in [7, 11) is 0. The molecule has 2 aromatic heterocycles. The number of nitrogen functional groups attached to an aromatic ring is 1. The second-order valence-corrected chi connectivity index (χ2v) is 6.08. The number of aliphatic hydroxyl groups is 2. The van der Waals surface area contributed by atoms with Gasteiger partial charge >= 0.3 is 5.97 Å². The van der Waals surface area contributed by atoms with E-state index < -0.39 is 36.6 Å². The van der Waals surface area contributed by atoms with E-state index in [9.17, 15) is 15.0 Å². The highest BCUT2D eigenvalue weighted by Crippen LogP contribution is 2.31. The Morgan fingerprint density at radius 3 is 2.89 bits per heavy atom. The first kappa shape index (κ1) is 19.1.